The van der Waals surface area contributed by atoms with Crippen molar-refractivity contribution in [2.45, 2.75) is 0 Å². The molecule has 0 aromatic rings. The first-order chi connectivity index (χ1) is 1.73. The van der Waals surface area contributed by atoms with E-state index in [0.717, 1.165) is 0 Å². The van der Waals surface area contributed by atoms with Crippen LogP contribution in [-0.4, -0.2) is 57.4 Å². The normalized spacial score (nSPS) is 4.00. The topological polar surface area (TPSA) is 69.1 Å². The number of hydrogen-bond acceptors (Lipinski definition) is 1. The molecule has 0 spiro atoms. The van der Waals surface area contributed by atoms with Gasteiger partial charge in [0.25, 0.3) is 0 Å². The smallest absolute Gasteiger partial charge is 0 e. The molecule has 0 saturated carbocycles. The quantitative estimate of drug-likeness (QED) is 0.416. The van der Waals surface area contributed by atoms with Gasteiger partial charge in [-0.1, -0.05) is 0 Å². The molecule has 0 aliphatic rings. The maximum absolute atomic E-state index is 9.00. The fourth-order valence-corrected chi connectivity index (χ4v) is 0. The van der Waals surface area contributed by atoms with E-state index in [1.807, 2.05) is 0 Å². The van der Waals surface area contributed by atoms with E-state index in [4.69, 9.17) is 4.79 Å². The van der Waals surface area contributed by atoms with Crippen LogP contribution in [-0.2, 0) is 19.5 Å². The molecule has 0 heterocycles. The number of carbonyl (C=O) groups excluding carboxylic acids is 1. The Labute approximate surface area is 91.4 Å². The Bertz CT molecular complexity index is 36.5. The Morgan fingerprint density at radius 2 is 1.33 bits per heavy atom. The molecule has 0 atom stereocenters. The van der Waals surface area contributed by atoms with Crippen molar-refractivity contribution in [2.75, 3.05) is 0 Å². The molecule has 6 heavy (non-hydrogen) atoms. The minimum atomic E-state index is -0.833. The summed E-state index contributed by atoms with van der Waals surface area (Å²) in [6.45, 7) is 0. The SMILES string of the molecule is NC(N)=O.[KH].[Zn]. The molecule has 0 unspecified atom stereocenters. The van der Waals surface area contributed by atoms with Crippen molar-refractivity contribution in [1.82, 2.24) is 0 Å². The van der Waals surface area contributed by atoms with Crippen molar-refractivity contribution in [3.63, 3.8) is 0 Å². The first-order valence-corrected chi connectivity index (χ1v) is 0.781. The second kappa shape index (κ2) is 9.73. The number of nitrogens with two attached hydrogens (primary N) is 2. The molecule has 4 N–H and O–H groups in total. The molecule has 3 nitrogen and oxygen atoms in total. The van der Waals surface area contributed by atoms with Crippen LogP contribution in [0.5, 0.6) is 0 Å². The van der Waals surface area contributed by atoms with Gasteiger partial charge in [0.1, 0.15) is 0 Å². The van der Waals surface area contributed by atoms with Crippen molar-refractivity contribution >= 4 is 57.4 Å². The van der Waals surface area contributed by atoms with Crippen molar-refractivity contribution in [1.29, 1.82) is 0 Å². The molecule has 0 aliphatic heterocycles. The number of carbonyl (C=O) groups is 1. The molecular weight excluding hydrogens is 161 g/mol. The minimum Gasteiger partial charge on any atom is 0 e. The average molecular weight is 166 g/mol. The summed E-state index contributed by atoms with van der Waals surface area (Å²) in [6, 6.07) is -0.833. The van der Waals surface area contributed by atoms with E-state index in [1.54, 1.807) is 0 Å². The fourth-order valence-electron chi connectivity index (χ4n) is 0. The van der Waals surface area contributed by atoms with Crippen LogP contribution in [0.25, 0.3) is 0 Å². The largest absolute Gasteiger partial charge is 0 e. The van der Waals surface area contributed by atoms with E-state index in [9.17, 15) is 0 Å². The number of primary amides is 2. The fraction of sp³-hybridized carbons (Fsp3) is 0. The first-order valence-electron chi connectivity index (χ1n) is 0.781. The summed E-state index contributed by atoms with van der Waals surface area (Å²) in [6.07, 6.45) is 0. The zero-order chi connectivity index (χ0) is 3.58. The van der Waals surface area contributed by atoms with Gasteiger partial charge in [0.2, 0.25) is 0 Å². The third-order valence-corrected chi connectivity index (χ3v) is 0. The summed E-state index contributed by atoms with van der Waals surface area (Å²) in [4.78, 5) is 9.00. The van der Waals surface area contributed by atoms with Gasteiger partial charge in [-0.2, -0.15) is 0 Å². The van der Waals surface area contributed by atoms with E-state index < -0.39 is 6.03 Å². The summed E-state index contributed by atoms with van der Waals surface area (Å²) in [7, 11) is 0. The number of amides is 2. The van der Waals surface area contributed by atoms with Gasteiger partial charge in [-0.05, 0) is 0 Å². The van der Waals surface area contributed by atoms with Crippen LogP contribution in [0.15, 0.2) is 0 Å². The van der Waals surface area contributed by atoms with Gasteiger partial charge in [-0.15, -0.1) is 0 Å². The molecule has 0 aromatic carbocycles. The molecule has 2 amide bonds. The van der Waals surface area contributed by atoms with Crippen LogP contribution in [0.3, 0.4) is 0 Å². The summed E-state index contributed by atoms with van der Waals surface area (Å²) in [5.74, 6) is 0. The monoisotopic (exact) mass is 164 g/mol. The van der Waals surface area contributed by atoms with Gasteiger partial charge in [0.15, 0.2) is 0 Å². The van der Waals surface area contributed by atoms with Crippen LogP contribution < -0.4 is 11.5 Å². The number of rotatable bonds is 0. The minimum absolute atomic E-state index is 0. The Morgan fingerprint density at radius 1 is 1.33 bits per heavy atom. The average Bonchev–Trinajstić information content (AvgIpc) is 0.811. The van der Waals surface area contributed by atoms with Gasteiger partial charge in [0.05, 0.1) is 0 Å². The van der Waals surface area contributed by atoms with E-state index in [0.29, 0.717) is 0 Å². The third-order valence-electron chi connectivity index (χ3n) is 0. The molecule has 0 rings (SSSR count). The van der Waals surface area contributed by atoms with E-state index >= 15 is 0 Å². The maximum atomic E-state index is 9.00. The Hall–Kier alpha value is 1.53. The summed E-state index contributed by atoms with van der Waals surface area (Å²) in [5, 5.41) is 0. The van der Waals surface area contributed by atoms with Crippen LogP contribution in [0, 0.1) is 0 Å². The summed E-state index contributed by atoms with van der Waals surface area (Å²) < 4.78 is 0. The second-order valence-corrected chi connectivity index (χ2v) is 0.402. The standard InChI is InChI=1S/CH4N2O.K.Zn.H/c2-1(3)4;;;/h(H4,2,3,4);;;. The van der Waals surface area contributed by atoms with Gasteiger partial charge >= 0.3 is 57.4 Å². The second-order valence-electron chi connectivity index (χ2n) is 0.402. The van der Waals surface area contributed by atoms with Crippen LogP contribution in [0.4, 0.5) is 4.79 Å². The van der Waals surface area contributed by atoms with Gasteiger partial charge in [-0.25, -0.2) is 4.79 Å². The zero-order valence-electron chi connectivity index (χ0n) is 2.77. The molecule has 5 heteroatoms. The number of urea groups is 1. The van der Waals surface area contributed by atoms with Crippen molar-refractivity contribution in [3.05, 3.63) is 0 Å². The molecule has 0 aromatic heterocycles. The predicted molar refractivity (Wildman–Crippen MR) is 20.9 cm³/mol. The van der Waals surface area contributed by atoms with Gasteiger partial charge < -0.3 is 11.5 Å². The van der Waals surface area contributed by atoms with Crippen molar-refractivity contribution in [2.24, 2.45) is 11.5 Å². The predicted octanol–water partition coefficient (Wildman–Crippen LogP) is -1.63. The van der Waals surface area contributed by atoms with E-state index in [1.165, 1.54) is 0 Å². The summed E-state index contributed by atoms with van der Waals surface area (Å²) in [5.41, 5.74) is 8.50. The first kappa shape index (κ1) is 15.6. The van der Waals surface area contributed by atoms with Crippen molar-refractivity contribution < 1.29 is 24.3 Å². The number of hydrogen-bond donors (Lipinski definition) is 2. The van der Waals surface area contributed by atoms with Crippen LogP contribution in [0.1, 0.15) is 0 Å². The molecule has 28 valence electrons. The Kier molecular flexibility index (Phi) is 25.4. The third kappa shape index (κ3) is 48.5. The van der Waals surface area contributed by atoms with Crippen molar-refractivity contribution in [3.8, 4) is 0 Å². The molecule has 0 aliphatic carbocycles. The van der Waals surface area contributed by atoms with Gasteiger partial charge in [-0.3, -0.25) is 0 Å². The zero-order valence-corrected chi connectivity index (χ0v) is 5.74. The van der Waals surface area contributed by atoms with E-state index in [-0.39, 0.29) is 70.9 Å². The molecule has 0 saturated heterocycles. The van der Waals surface area contributed by atoms with Crippen LogP contribution >= 0.6 is 0 Å². The van der Waals surface area contributed by atoms with E-state index in [2.05, 4.69) is 11.5 Å². The Morgan fingerprint density at radius 3 is 1.33 bits per heavy atom. The molecule has 0 bridgehead atoms. The van der Waals surface area contributed by atoms with Crippen LogP contribution in [0.2, 0.25) is 0 Å². The molecular formula is CH5KN2OZn. The Balaban J connectivity index is -0.0000000450. The molecule has 0 radical (unpaired) electrons. The molecule has 0 fully saturated rings. The summed E-state index contributed by atoms with van der Waals surface area (Å²) >= 11 is 0. The van der Waals surface area contributed by atoms with Gasteiger partial charge in [0, 0.05) is 19.5 Å². The maximum Gasteiger partial charge on any atom is 0 e.